The molecule has 0 aliphatic carbocycles. The molecule has 1 fully saturated rings. The van der Waals surface area contributed by atoms with Crippen LogP contribution in [-0.2, 0) is 14.3 Å². The lowest BCUT2D eigenvalue weighted by molar-refractivity contribution is -0.138. The first-order valence-electron chi connectivity index (χ1n) is 6.60. The second-order valence-corrected chi connectivity index (χ2v) is 5.34. The van der Waals surface area contributed by atoms with Crippen LogP contribution in [0.1, 0.15) is 39.5 Å². The van der Waals surface area contributed by atoms with Crippen LogP contribution in [0.15, 0.2) is 0 Å². The number of rotatable bonds is 7. The highest BCUT2D eigenvalue weighted by Crippen LogP contribution is 2.16. The standard InChI is InChI=1S/C13H23NO4/c1-9(2)6-10(7-12(15)16)8-14-13(17)11-4-3-5-18-11/h9-11H,3-8H2,1-2H3,(H,14,17)(H,15,16). The zero-order valence-corrected chi connectivity index (χ0v) is 11.1. The van der Waals surface area contributed by atoms with Gasteiger partial charge in [-0.2, -0.15) is 0 Å². The van der Waals surface area contributed by atoms with Crippen molar-refractivity contribution in [1.29, 1.82) is 0 Å². The summed E-state index contributed by atoms with van der Waals surface area (Å²) in [5, 5.41) is 11.6. The van der Waals surface area contributed by atoms with Crippen LogP contribution >= 0.6 is 0 Å². The molecule has 0 aromatic rings. The molecule has 1 heterocycles. The third-order valence-corrected chi connectivity index (χ3v) is 3.06. The number of carboxylic acid groups (broad SMARTS) is 1. The van der Waals surface area contributed by atoms with Gasteiger partial charge in [-0.05, 0) is 31.1 Å². The van der Waals surface area contributed by atoms with E-state index in [1.165, 1.54) is 0 Å². The molecule has 2 N–H and O–H groups in total. The maximum absolute atomic E-state index is 11.7. The van der Waals surface area contributed by atoms with Crippen LogP contribution in [-0.4, -0.2) is 36.2 Å². The van der Waals surface area contributed by atoms with E-state index in [0.717, 1.165) is 19.3 Å². The highest BCUT2D eigenvalue weighted by molar-refractivity contribution is 5.81. The molecule has 18 heavy (non-hydrogen) atoms. The number of carbonyl (C=O) groups excluding carboxylic acids is 1. The Hall–Kier alpha value is -1.10. The van der Waals surface area contributed by atoms with Crippen LogP contribution in [0.4, 0.5) is 0 Å². The molecule has 5 nitrogen and oxygen atoms in total. The van der Waals surface area contributed by atoms with E-state index in [1.807, 2.05) is 0 Å². The molecule has 1 rings (SSSR count). The van der Waals surface area contributed by atoms with Gasteiger partial charge in [0, 0.05) is 19.6 Å². The number of carbonyl (C=O) groups is 2. The van der Waals surface area contributed by atoms with Crippen molar-refractivity contribution in [2.45, 2.75) is 45.6 Å². The van der Waals surface area contributed by atoms with Crippen molar-refractivity contribution in [2.75, 3.05) is 13.2 Å². The quantitative estimate of drug-likeness (QED) is 0.723. The normalized spacial score (nSPS) is 20.9. The van der Waals surface area contributed by atoms with Gasteiger partial charge in [0.05, 0.1) is 0 Å². The van der Waals surface area contributed by atoms with Crippen molar-refractivity contribution in [3.05, 3.63) is 0 Å². The second-order valence-electron chi connectivity index (χ2n) is 5.34. The summed E-state index contributed by atoms with van der Waals surface area (Å²) < 4.78 is 5.28. The van der Waals surface area contributed by atoms with E-state index in [2.05, 4.69) is 19.2 Å². The van der Waals surface area contributed by atoms with Gasteiger partial charge in [0.25, 0.3) is 0 Å². The molecule has 2 atom stereocenters. The molecule has 1 aliphatic heterocycles. The van der Waals surface area contributed by atoms with Gasteiger partial charge in [0.15, 0.2) is 0 Å². The summed E-state index contributed by atoms with van der Waals surface area (Å²) in [6.07, 6.45) is 2.25. The Morgan fingerprint density at radius 3 is 2.67 bits per heavy atom. The molecule has 5 heteroatoms. The van der Waals surface area contributed by atoms with Gasteiger partial charge in [0.2, 0.25) is 5.91 Å². The third-order valence-electron chi connectivity index (χ3n) is 3.06. The smallest absolute Gasteiger partial charge is 0.303 e. The largest absolute Gasteiger partial charge is 0.481 e. The van der Waals surface area contributed by atoms with Gasteiger partial charge in [-0.1, -0.05) is 13.8 Å². The number of ether oxygens (including phenoxy) is 1. The molecule has 0 spiro atoms. The minimum atomic E-state index is -0.813. The van der Waals surface area contributed by atoms with Crippen LogP contribution in [0.2, 0.25) is 0 Å². The fraction of sp³-hybridized carbons (Fsp3) is 0.846. The molecular formula is C13H23NO4. The van der Waals surface area contributed by atoms with Crippen LogP contribution < -0.4 is 5.32 Å². The van der Waals surface area contributed by atoms with Crippen LogP contribution in [0, 0.1) is 11.8 Å². The minimum absolute atomic E-state index is 0.00662. The van der Waals surface area contributed by atoms with E-state index < -0.39 is 5.97 Å². The lowest BCUT2D eigenvalue weighted by atomic mass is 9.94. The second kappa shape index (κ2) is 7.36. The average molecular weight is 257 g/mol. The fourth-order valence-corrected chi connectivity index (χ4v) is 2.30. The first-order valence-corrected chi connectivity index (χ1v) is 6.60. The maximum atomic E-state index is 11.7. The molecule has 0 saturated carbocycles. The molecule has 104 valence electrons. The first kappa shape index (κ1) is 15.0. The molecule has 0 radical (unpaired) electrons. The van der Waals surface area contributed by atoms with Crippen LogP contribution in [0.3, 0.4) is 0 Å². The Morgan fingerprint density at radius 1 is 1.44 bits per heavy atom. The van der Waals surface area contributed by atoms with Gasteiger partial charge in [-0.15, -0.1) is 0 Å². The molecule has 0 aromatic carbocycles. The highest BCUT2D eigenvalue weighted by atomic mass is 16.5. The predicted octanol–water partition coefficient (Wildman–Crippen LogP) is 1.42. The lowest BCUT2D eigenvalue weighted by Gasteiger charge is -2.19. The van der Waals surface area contributed by atoms with Gasteiger partial charge < -0.3 is 15.2 Å². The first-order chi connectivity index (χ1) is 8.49. The number of nitrogens with one attached hydrogen (secondary N) is 1. The van der Waals surface area contributed by atoms with Gasteiger partial charge >= 0.3 is 5.97 Å². The van der Waals surface area contributed by atoms with E-state index in [0.29, 0.717) is 19.1 Å². The molecule has 0 bridgehead atoms. The fourth-order valence-electron chi connectivity index (χ4n) is 2.30. The van der Waals surface area contributed by atoms with Gasteiger partial charge in [-0.25, -0.2) is 0 Å². The topological polar surface area (TPSA) is 75.6 Å². The average Bonchev–Trinajstić information content (AvgIpc) is 2.77. The van der Waals surface area contributed by atoms with E-state index in [-0.39, 0.29) is 24.3 Å². The zero-order chi connectivity index (χ0) is 13.5. The number of carboxylic acids is 1. The van der Waals surface area contributed by atoms with E-state index in [1.54, 1.807) is 0 Å². The van der Waals surface area contributed by atoms with Crippen molar-refractivity contribution in [2.24, 2.45) is 11.8 Å². The number of hydrogen-bond donors (Lipinski definition) is 2. The number of amides is 1. The highest BCUT2D eigenvalue weighted by Gasteiger charge is 2.24. The molecule has 1 amide bonds. The van der Waals surface area contributed by atoms with Crippen molar-refractivity contribution < 1.29 is 19.4 Å². The monoisotopic (exact) mass is 257 g/mol. The summed E-state index contributed by atoms with van der Waals surface area (Å²) in [5.41, 5.74) is 0. The van der Waals surface area contributed by atoms with E-state index in [9.17, 15) is 9.59 Å². The molecule has 1 saturated heterocycles. The van der Waals surface area contributed by atoms with Crippen LogP contribution in [0.5, 0.6) is 0 Å². The molecule has 2 unspecified atom stereocenters. The van der Waals surface area contributed by atoms with E-state index in [4.69, 9.17) is 9.84 Å². The SMILES string of the molecule is CC(C)CC(CNC(=O)C1CCCO1)CC(=O)O. The van der Waals surface area contributed by atoms with Gasteiger partial charge in [-0.3, -0.25) is 9.59 Å². The summed E-state index contributed by atoms with van der Waals surface area (Å²) in [7, 11) is 0. The summed E-state index contributed by atoms with van der Waals surface area (Å²) >= 11 is 0. The van der Waals surface area contributed by atoms with Crippen molar-refractivity contribution >= 4 is 11.9 Å². The van der Waals surface area contributed by atoms with Crippen molar-refractivity contribution in [3.8, 4) is 0 Å². The number of aliphatic carboxylic acids is 1. The van der Waals surface area contributed by atoms with E-state index >= 15 is 0 Å². The summed E-state index contributed by atoms with van der Waals surface area (Å²) in [5.74, 6) is -0.500. The maximum Gasteiger partial charge on any atom is 0.303 e. The summed E-state index contributed by atoms with van der Waals surface area (Å²) in [6.45, 7) is 5.17. The Balaban J connectivity index is 2.35. The Kier molecular flexibility index (Phi) is 6.12. The van der Waals surface area contributed by atoms with Crippen LogP contribution in [0.25, 0.3) is 0 Å². The summed E-state index contributed by atoms with van der Waals surface area (Å²) in [4.78, 5) is 22.5. The Labute approximate surface area is 108 Å². The summed E-state index contributed by atoms with van der Waals surface area (Å²) in [6, 6.07) is 0. The zero-order valence-electron chi connectivity index (χ0n) is 11.1. The Bertz CT molecular complexity index is 285. The van der Waals surface area contributed by atoms with Crippen molar-refractivity contribution in [1.82, 2.24) is 5.32 Å². The lowest BCUT2D eigenvalue weighted by Crippen LogP contribution is -2.37. The molecule has 1 aliphatic rings. The van der Waals surface area contributed by atoms with Crippen molar-refractivity contribution in [3.63, 3.8) is 0 Å². The third kappa shape index (κ3) is 5.49. The molecular weight excluding hydrogens is 234 g/mol. The predicted molar refractivity (Wildman–Crippen MR) is 67.2 cm³/mol. The molecule has 0 aromatic heterocycles. The number of hydrogen-bond acceptors (Lipinski definition) is 3. The Morgan fingerprint density at radius 2 is 2.17 bits per heavy atom. The minimum Gasteiger partial charge on any atom is -0.481 e. The van der Waals surface area contributed by atoms with Gasteiger partial charge in [0.1, 0.15) is 6.10 Å².